The van der Waals surface area contributed by atoms with Crippen molar-refractivity contribution in [3.8, 4) is 11.5 Å². The first kappa shape index (κ1) is 19.6. The second-order valence-electron chi connectivity index (χ2n) is 7.20. The van der Waals surface area contributed by atoms with E-state index in [1.165, 1.54) is 11.1 Å². The van der Waals surface area contributed by atoms with Crippen LogP contribution in [0.5, 0.6) is 0 Å². The average molecular weight is 401 g/mol. The van der Waals surface area contributed by atoms with Crippen molar-refractivity contribution in [3.05, 3.63) is 89.8 Å². The number of nitrogens with zero attached hydrogens (tertiary/aromatic N) is 4. The highest BCUT2D eigenvalue weighted by atomic mass is 16.4. The Morgan fingerprint density at radius 1 is 1.03 bits per heavy atom. The van der Waals surface area contributed by atoms with Gasteiger partial charge in [0.1, 0.15) is 0 Å². The van der Waals surface area contributed by atoms with E-state index in [1.54, 1.807) is 12.5 Å². The molecule has 30 heavy (non-hydrogen) atoms. The van der Waals surface area contributed by atoms with E-state index in [2.05, 4.69) is 32.6 Å². The molecule has 0 aliphatic rings. The molecule has 4 aromatic rings. The fourth-order valence-electron chi connectivity index (χ4n) is 3.03. The topological polar surface area (TPSA) is 85.8 Å². The number of aromatic nitrogens is 4. The molecule has 0 aliphatic carbocycles. The number of amides is 1. The van der Waals surface area contributed by atoms with E-state index in [0.29, 0.717) is 31.2 Å². The zero-order chi connectivity index (χ0) is 20.8. The maximum atomic E-state index is 12.2. The van der Waals surface area contributed by atoms with Crippen molar-refractivity contribution in [2.75, 3.05) is 0 Å². The zero-order valence-electron chi connectivity index (χ0n) is 16.8. The lowest BCUT2D eigenvalue weighted by Gasteiger charge is -2.07. The monoisotopic (exact) mass is 401 g/mol. The number of rotatable bonds is 8. The van der Waals surface area contributed by atoms with Gasteiger partial charge in [0.2, 0.25) is 17.7 Å². The van der Waals surface area contributed by atoms with Gasteiger partial charge >= 0.3 is 0 Å². The van der Waals surface area contributed by atoms with Crippen molar-refractivity contribution in [1.29, 1.82) is 0 Å². The fourth-order valence-corrected chi connectivity index (χ4v) is 3.03. The lowest BCUT2D eigenvalue weighted by Crippen LogP contribution is -2.23. The Labute approximate surface area is 174 Å². The molecule has 7 heteroatoms. The first-order valence-electron chi connectivity index (χ1n) is 9.85. The van der Waals surface area contributed by atoms with Gasteiger partial charge in [-0.1, -0.05) is 42.0 Å². The molecular weight excluding hydrogens is 378 g/mol. The van der Waals surface area contributed by atoms with Gasteiger partial charge in [-0.15, -0.1) is 10.2 Å². The molecule has 0 unspecified atom stereocenters. The number of benzene rings is 2. The highest BCUT2D eigenvalue weighted by molar-refractivity contribution is 5.76. The van der Waals surface area contributed by atoms with Gasteiger partial charge in [0.15, 0.2) is 0 Å². The van der Waals surface area contributed by atoms with E-state index in [4.69, 9.17) is 4.42 Å². The Balaban J connectivity index is 1.23. The molecule has 2 heterocycles. The lowest BCUT2D eigenvalue weighted by molar-refractivity contribution is -0.121. The highest BCUT2D eigenvalue weighted by Crippen LogP contribution is 2.18. The third-order valence-corrected chi connectivity index (χ3v) is 4.77. The Morgan fingerprint density at radius 3 is 2.53 bits per heavy atom. The molecule has 7 nitrogen and oxygen atoms in total. The maximum absolute atomic E-state index is 12.2. The summed E-state index contributed by atoms with van der Waals surface area (Å²) in [5, 5.41) is 11.0. The van der Waals surface area contributed by atoms with Gasteiger partial charge in [-0.2, -0.15) is 0 Å². The van der Waals surface area contributed by atoms with Gasteiger partial charge < -0.3 is 14.3 Å². The van der Waals surface area contributed by atoms with Gasteiger partial charge in [-0.05, 0) is 30.2 Å². The van der Waals surface area contributed by atoms with Crippen LogP contribution in [0.2, 0.25) is 0 Å². The lowest BCUT2D eigenvalue weighted by atomic mass is 10.1. The average Bonchev–Trinajstić information content (AvgIpc) is 3.44. The van der Waals surface area contributed by atoms with Crippen LogP contribution in [0.15, 0.2) is 71.7 Å². The molecular formula is C23H23N5O2. The van der Waals surface area contributed by atoms with Crippen LogP contribution in [-0.4, -0.2) is 25.7 Å². The van der Waals surface area contributed by atoms with Crippen molar-refractivity contribution < 1.29 is 9.21 Å². The minimum Gasteiger partial charge on any atom is -0.421 e. The van der Waals surface area contributed by atoms with Crippen LogP contribution in [0.25, 0.3) is 11.5 Å². The summed E-state index contributed by atoms with van der Waals surface area (Å²) in [7, 11) is 0. The minimum absolute atomic E-state index is 0.0485. The van der Waals surface area contributed by atoms with Crippen LogP contribution in [0.4, 0.5) is 0 Å². The van der Waals surface area contributed by atoms with Gasteiger partial charge in [0.05, 0.1) is 6.33 Å². The Hall–Kier alpha value is -3.74. The van der Waals surface area contributed by atoms with Gasteiger partial charge in [-0.25, -0.2) is 4.98 Å². The van der Waals surface area contributed by atoms with E-state index < -0.39 is 0 Å². The first-order chi connectivity index (χ1) is 14.7. The summed E-state index contributed by atoms with van der Waals surface area (Å²) < 4.78 is 7.68. The molecule has 0 aliphatic heterocycles. The quantitative estimate of drug-likeness (QED) is 0.488. The third-order valence-electron chi connectivity index (χ3n) is 4.77. The summed E-state index contributed by atoms with van der Waals surface area (Å²) in [4.78, 5) is 16.2. The molecule has 1 amide bonds. The largest absolute Gasteiger partial charge is 0.421 e. The Morgan fingerprint density at radius 2 is 1.80 bits per heavy atom. The SMILES string of the molecule is Cc1ccc(-c2nnc(CCC(=O)NCc3ccc(Cn4ccnc4)cc3)o2)cc1. The molecule has 0 radical (unpaired) electrons. The van der Waals surface area contributed by atoms with Crippen molar-refractivity contribution in [3.63, 3.8) is 0 Å². The number of hydrogen-bond acceptors (Lipinski definition) is 5. The Kier molecular flexibility index (Phi) is 5.98. The smallest absolute Gasteiger partial charge is 0.247 e. The number of hydrogen-bond donors (Lipinski definition) is 1. The Bertz CT molecular complexity index is 1080. The number of nitrogens with one attached hydrogen (secondary N) is 1. The van der Waals surface area contributed by atoms with E-state index >= 15 is 0 Å². The summed E-state index contributed by atoms with van der Waals surface area (Å²) >= 11 is 0. The molecule has 1 N–H and O–H groups in total. The number of imidazole rings is 1. The van der Waals surface area contributed by atoms with Crippen LogP contribution in [0.3, 0.4) is 0 Å². The van der Waals surface area contributed by atoms with Crippen LogP contribution >= 0.6 is 0 Å². The second-order valence-corrected chi connectivity index (χ2v) is 7.20. The van der Waals surface area contributed by atoms with Crippen LogP contribution in [-0.2, 0) is 24.3 Å². The number of carbonyl (C=O) groups excluding carboxylic acids is 1. The molecule has 2 aromatic carbocycles. The predicted molar refractivity (Wildman–Crippen MR) is 112 cm³/mol. The first-order valence-corrected chi connectivity index (χ1v) is 9.85. The van der Waals surface area contributed by atoms with Crippen molar-refractivity contribution in [1.82, 2.24) is 25.1 Å². The molecule has 0 fully saturated rings. The molecule has 0 spiro atoms. The predicted octanol–water partition coefficient (Wildman–Crippen LogP) is 3.54. The minimum atomic E-state index is -0.0485. The van der Waals surface area contributed by atoms with Crippen LogP contribution < -0.4 is 5.32 Å². The third kappa shape index (κ3) is 5.20. The normalized spacial score (nSPS) is 10.8. The van der Waals surface area contributed by atoms with Gasteiger partial charge in [0.25, 0.3) is 0 Å². The van der Waals surface area contributed by atoms with Gasteiger partial charge in [-0.3, -0.25) is 4.79 Å². The molecule has 0 bridgehead atoms. The summed E-state index contributed by atoms with van der Waals surface area (Å²) in [5.41, 5.74) is 4.28. The summed E-state index contributed by atoms with van der Waals surface area (Å²) in [6.07, 6.45) is 6.20. The van der Waals surface area contributed by atoms with E-state index in [0.717, 1.165) is 17.7 Å². The van der Waals surface area contributed by atoms with Crippen molar-refractivity contribution >= 4 is 5.91 Å². The van der Waals surface area contributed by atoms with E-state index in [1.807, 2.05) is 54.1 Å². The molecule has 2 aromatic heterocycles. The molecule has 0 atom stereocenters. The fraction of sp³-hybridized carbons (Fsp3) is 0.217. The molecule has 152 valence electrons. The summed E-state index contributed by atoms with van der Waals surface area (Å²) in [5.74, 6) is 0.887. The summed E-state index contributed by atoms with van der Waals surface area (Å²) in [6.45, 7) is 3.29. The van der Waals surface area contributed by atoms with Crippen LogP contribution in [0, 0.1) is 6.92 Å². The van der Waals surface area contributed by atoms with Crippen LogP contribution in [0.1, 0.15) is 29.0 Å². The standard InChI is InChI=1S/C23H23N5O2/c1-17-2-8-20(9-3-17)23-27-26-22(30-23)11-10-21(29)25-14-18-4-6-19(7-5-18)15-28-13-12-24-16-28/h2-9,12-13,16H,10-11,14-15H2,1H3,(H,25,29). The van der Waals surface area contributed by atoms with E-state index in [-0.39, 0.29) is 5.91 Å². The van der Waals surface area contributed by atoms with E-state index in [9.17, 15) is 4.79 Å². The van der Waals surface area contributed by atoms with Crippen molar-refractivity contribution in [2.24, 2.45) is 0 Å². The van der Waals surface area contributed by atoms with Gasteiger partial charge in [0, 0.05) is 43.9 Å². The molecule has 0 saturated heterocycles. The molecule has 4 rings (SSSR count). The molecule has 0 saturated carbocycles. The number of aryl methyl sites for hydroxylation is 2. The number of carbonyl (C=O) groups is 1. The zero-order valence-corrected chi connectivity index (χ0v) is 16.8. The highest BCUT2D eigenvalue weighted by Gasteiger charge is 2.10. The summed E-state index contributed by atoms with van der Waals surface area (Å²) in [6, 6.07) is 16.1. The maximum Gasteiger partial charge on any atom is 0.247 e. The second kappa shape index (κ2) is 9.17. The van der Waals surface area contributed by atoms with Crippen molar-refractivity contribution in [2.45, 2.75) is 32.9 Å².